The molecule has 0 radical (unpaired) electrons. The van der Waals surface area contributed by atoms with Crippen molar-refractivity contribution in [3.8, 4) is 5.75 Å². The Kier molecular flexibility index (Phi) is 12.3. The summed E-state index contributed by atoms with van der Waals surface area (Å²) in [5.74, 6) is -1.50. The Morgan fingerprint density at radius 1 is 0.951 bits per heavy atom. The van der Waals surface area contributed by atoms with E-state index >= 15 is 0 Å². The molecule has 4 rings (SSSR count). The lowest BCUT2D eigenvalue weighted by molar-refractivity contribution is -0.134. The predicted molar refractivity (Wildman–Crippen MR) is 157 cm³/mol. The molecule has 3 aliphatic rings. The highest BCUT2D eigenvalue weighted by Gasteiger charge is 2.30. The smallest absolute Gasteiger partial charge is 0.328 e. The zero-order valence-corrected chi connectivity index (χ0v) is 25.0. The van der Waals surface area contributed by atoms with Gasteiger partial charge in [0, 0.05) is 80.2 Å². The number of hydrogen-bond acceptors (Lipinski definition) is 7. The summed E-state index contributed by atoms with van der Waals surface area (Å²) in [6, 6.07) is 3.80. The van der Waals surface area contributed by atoms with Gasteiger partial charge in [-0.05, 0) is 66.4 Å². The maximum atomic E-state index is 12.8. The van der Waals surface area contributed by atoms with Crippen molar-refractivity contribution in [1.29, 1.82) is 0 Å². The van der Waals surface area contributed by atoms with Gasteiger partial charge in [0.15, 0.2) is 0 Å². The SMILES string of the molecule is COc1cc(N)c(Br)cc1C(=O)NC1CCN(CC2CCN(C(=O)N3CCCC3)CC2)CC1.O=C(O)C=CC(=O)O. The van der Waals surface area contributed by atoms with Crippen LogP contribution in [0.4, 0.5) is 10.5 Å². The lowest BCUT2D eigenvalue weighted by Gasteiger charge is -2.38. The van der Waals surface area contributed by atoms with Crippen LogP contribution in [0, 0.1) is 5.92 Å². The number of hydrogen-bond donors (Lipinski definition) is 4. The molecule has 0 saturated carbocycles. The maximum absolute atomic E-state index is 12.8. The van der Waals surface area contributed by atoms with Gasteiger partial charge in [-0.15, -0.1) is 0 Å². The van der Waals surface area contributed by atoms with Gasteiger partial charge in [0.1, 0.15) is 5.75 Å². The van der Waals surface area contributed by atoms with Gasteiger partial charge < -0.3 is 40.7 Å². The summed E-state index contributed by atoms with van der Waals surface area (Å²) in [4.78, 5) is 51.1. The Morgan fingerprint density at radius 2 is 1.51 bits per heavy atom. The molecule has 13 heteroatoms. The lowest BCUT2D eigenvalue weighted by Crippen LogP contribution is -2.49. The van der Waals surface area contributed by atoms with Crippen molar-refractivity contribution in [3.63, 3.8) is 0 Å². The Balaban J connectivity index is 0.000000507. The van der Waals surface area contributed by atoms with E-state index in [4.69, 9.17) is 20.7 Å². The van der Waals surface area contributed by atoms with Crippen LogP contribution >= 0.6 is 15.9 Å². The third kappa shape index (κ3) is 9.92. The largest absolute Gasteiger partial charge is 0.496 e. The molecule has 0 aliphatic carbocycles. The number of nitrogen functional groups attached to an aromatic ring is 1. The lowest BCUT2D eigenvalue weighted by atomic mass is 9.94. The fourth-order valence-corrected chi connectivity index (χ4v) is 5.70. The molecule has 0 spiro atoms. The zero-order chi connectivity index (χ0) is 29.9. The molecule has 12 nitrogen and oxygen atoms in total. The summed E-state index contributed by atoms with van der Waals surface area (Å²) in [6.45, 7) is 6.67. The van der Waals surface area contributed by atoms with Crippen LogP contribution in [0.1, 0.15) is 48.9 Å². The first-order valence-corrected chi connectivity index (χ1v) is 14.7. The number of carboxylic acid groups (broad SMARTS) is 2. The minimum Gasteiger partial charge on any atom is -0.496 e. The Bertz CT molecular complexity index is 1090. The number of nitrogens with two attached hydrogens (primary N) is 1. The van der Waals surface area contributed by atoms with Gasteiger partial charge in [-0.2, -0.15) is 0 Å². The van der Waals surface area contributed by atoms with Crippen molar-refractivity contribution in [1.82, 2.24) is 20.0 Å². The molecule has 0 unspecified atom stereocenters. The van der Waals surface area contributed by atoms with E-state index < -0.39 is 11.9 Å². The molecule has 5 N–H and O–H groups in total. The van der Waals surface area contributed by atoms with Crippen LogP contribution in [0.5, 0.6) is 5.75 Å². The molecule has 1 aromatic carbocycles. The van der Waals surface area contributed by atoms with Gasteiger partial charge in [-0.3, -0.25) is 4.79 Å². The molecule has 3 heterocycles. The van der Waals surface area contributed by atoms with Gasteiger partial charge in [-0.25, -0.2) is 14.4 Å². The summed E-state index contributed by atoms with van der Waals surface area (Å²) < 4.78 is 6.04. The second-order valence-electron chi connectivity index (χ2n) is 10.5. The average molecular weight is 639 g/mol. The van der Waals surface area contributed by atoms with E-state index in [2.05, 4.69) is 26.1 Å². The number of nitrogens with one attached hydrogen (secondary N) is 1. The Morgan fingerprint density at radius 3 is 2.05 bits per heavy atom. The number of carbonyl (C=O) groups is 4. The second-order valence-corrected chi connectivity index (χ2v) is 11.4. The van der Waals surface area contributed by atoms with Crippen molar-refractivity contribution in [2.24, 2.45) is 5.92 Å². The van der Waals surface area contributed by atoms with Crippen molar-refractivity contribution in [2.75, 3.05) is 58.7 Å². The van der Waals surface area contributed by atoms with Crippen molar-refractivity contribution in [3.05, 3.63) is 34.3 Å². The van der Waals surface area contributed by atoms with E-state index in [1.807, 2.05) is 9.80 Å². The van der Waals surface area contributed by atoms with Crippen molar-refractivity contribution < 1.29 is 34.1 Å². The van der Waals surface area contributed by atoms with E-state index in [0.29, 0.717) is 39.5 Å². The average Bonchev–Trinajstić information content (AvgIpc) is 3.50. The molecular weight excluding hydrogens is 598 g/mol. The van der Waals surface area contributed by atoms with Gasteiger partial charge >= 0.3 is 18.0 Å². The number of methoxy groups -OCH3 is 1. The minimum absolute atomic E-state index is 0.124. The van der Waals surface area contributed by atoms with E-state index in [-0.39, 0.29) is 18.0 Å². The quantitative estimate of drug-likeness (QED) is 0.260. The summed E-state index contributed by atoms with van der Waals surface area (Å²) in [5.41, 5.74) is 6.95. The number of nitrogens with zero attached hydrogens (tertiary/aromatic N) is 3. The van der Waals surface area contributed by atoms with E-state index in [0.717, 1.165) is 84.3 Å². The zero-order valence-electron chi connectivity index (χ0n) is 23.4. The fourth-order valence-electron chi connectivity index (χ4n) is 5.36. The number of ether oxygens (including phenoxy) is 1. The number of carbonyl (C=O) groups excluding carboxylic acids is 2. The van der Waals surface area contributed by atoms with Crippen LogP contribution in [0.25, 0.3) is 0 Å². The highest BCUT2D eigenvalue weighted by atomic mass is 79.9. The van der Waals surface area contributed by atoms with Crippen molar-refractivity contribution >= 4 is 45.5 Å². The Labute approximate surface area is 248 Å². The molecule has 3 saturated heterocycles. The predicted octanol–water partition coefficient (Wildman–Crippen LogP) is 2.87. The minimum atomic E-state index is -1.26. The van der Waals surface area contributed by atoms with Crippen LogP contribution in [0.15, 0.2) is 28.8 Å². The number of urea groups is 1. The van der Waals surface area contributed by atoms with Crippen molar-refractivity contribution in [2.45, 2.75) is 44.6 Å². The molecule has 41 heavy (non-hydrogen) atoms. The molecule has 1 aromatic rings. The molecule has 0 bridgehead atoms. The van der Waals surface area contributed by atoms with E-state index in [9.17, 15) is 19.2 Å². The van der Waals surface area contributed by atoms with Crippen LogP contribution in [0.2, 0.25) is 0 Å². The van der Waals surface area contributed by atoms with Gasteiger partial charge in [-0.1, -0.05) is 0 Å². The second kappa shape index (κ2) is 15.6. The van der Waals surface area contributed by atoms with Crippen LogP contribution in [-0.2, 0) is 9.59 Å². The molecule has 0 atom stereocenters. The summed E-state index contributed by atoms with van der Waals surface area (Å²) in [7, 11) is 1.55. The summed E-state index contributed by atoms with van der Waals surface area (Å²) in [6.07, 6.45) is 7.45. The number of rotatable bonds is 7. The first kappa shape index (κ1) is 32.2. The third-order valence-corrected chi connectivity index (χ3v) is 8.32. The number of likely N-dealkylation sites (tertiary alicyclic amines) is 3. The highest BCUT2D eigenvalue weighted by Crippen LogP contribution is 2.29. The number of amides is 3. The molecule has 3 fully saturated rings. The standard InChI is InChI=1S/C24H36BrN5O3.C4H4O4/c1-33-22-15-21(26)20(25)14-19(22)23(31)27-18-6-10-28(11-7-18)16-17-4-12-30(13-5-17)24(32)29-8-2-3-9-29;5-3(6)1-2-4(7)8/h14-15,17-18H,2-13,16,26H2,1H3,(H,27,31);1-2H,(H,5,6)(H,7,8). The van der Waals surface area contributed by atoms with Crippen LogP contribution < -0.4 is 15.8 Å². The maximum Gasteiger partial charge on any atom is 0.328 e. The molecule has 3 aliphatic heterocycles. The van der Waals surface area contributed by atoms with Gasteiger partial charge in [0.25, 0.3) is 5.91 Å². The number of benzene rings is 1. The monoisotopic (exact) mass is 637 g/mol. The van der Waals surface area contributed by atoms with Crippen LogP contribution in [-0.4, -0.2) is 108 Å². The third-order valence-electron chi connectivity index (χ3n) is 7.63. The van der Waals surface area contributed by atoms with Crippen LogP contribution in [0.3, 0.4) is 0 Å². The first-order valence-electron chi connectivity index (χ1n) is 13.9. The number of anilines is 1. The molecule has 226 valence electrons. The summed E-state index contributed by atoms with van der Waals surface area (Å²) in [5, 5.41) is 18.8. The van der Waals surface area contributed by atoms with Gasteiger partial charge in [0.2, 0.25) is 0 Å². The molecule has 0 aromatic heterocycles. The number of aliphatic carboxylic acids is 2. The molecular formula is C28H40BrN5O7. The highest BCUT2D eigenvalue weighted by molar-refractivity contribution is 9.10. The van der Waals surface area contributed by atoms with Gasteiger partial charge in [0.05, 0.1) is 12.7 Å². The topological polar surface area (TPSA) is 166 Å². The number of carboxylic acids is 2. The normalized spacial score (nSPS) is 18.6. The summed E-state index contributed by atoms with van der Waals surface area (Å²) >= 11 is 3.40. The Hall–Kier alpha value is -3.32. The van der Waals surface area contributed by atoms with E-state index in [1.165, 1.54) is 0 Å². The molecule has 3 amide bonds. The number of piperidine rings is 2. The van der Waals surface area contributed by atoms with E-state index in [1.54, 1.807) is 19.2 Å². The first-order chi connectivity index (χ1) is 19.6. The number of halogens is 1. The fraction of sp³-hybridized carbons (Fsp3) is 0.571.